The lowest BCUT2D eigenvalue weighted by Crippen LogP contribution is -2.21. The maximum Gasteiger partial charge on any atom is 0.224 e. The summed E-state index contributed by atoms with van der Waals surface area (Å²) in [6.45, 7) is 1.02. The average Bonchev–Trinajstić information content (AvgIpc) is 2.77. The van der Waals surface area contributed by atoms with Crippen molar-refractivity contribution in [3.63, 3.8) is 0 Å². The highest BCUT2D eigenvalue weighted by atomic mass is 35.5. The summed E-state index contributed by atoms with van der Waals surface area (Å²) in [4.78, 5) is 7.83. The van der Waals surface area contributed by atoms with Crippen LogP contribution >= 0.6 is 23.2 Å². The van der Waals surface area contributed by atoms with E-state index in [1.807, 2.05) is 0 Å². The highest BCUT2D eigenvalue weighted by Crippen LogP contribution is 2.31. The van der Waals surface area contributed by atoms with E-state index in [1.54, 1.807) is 0 Å². The molecule has 0 aromatic carbocycles. The van der Waals surface area contributed by atoms with E-state index >= 15 is 0 Å². The van der Waals surface area contributed by atoms with Gasteiger partial charge in [-0.15, -0.1) is 0 Å². The largest absolute Gasteiger partial charge is 0.396 e. The lowest BCUT2D eigenvalue weighted by atomic mass is 9.97. The minimum Gasteiger partial charge on any atom is -0.396 e. The smallest absolute Gasteiger partial charge is 0.224 e. The number of aromatic nitrogens is 2. The predicted octanol–water partition coefficient (Wildman–Crippen LogP) is 2.60. The van der Waals surface area contributed by atoms with Crippen LogP contribution in [0.5, 0.6) is 0 Å². The Balaban J connectivity index is 1.95. The van der Waals surface area contributed by atoms with Crippen molar-refractivity contribution in [2.24, 2.45) is 11.8 Å². The van der Waals surface area contributed by atoms with E-state index in [-0.39, 0.29) is 11.9 Å². The van der Waals surface area contributed by atoms with Gasteiger partial charge in [0.1, 0.15) is 10.8 Å². The fourth-order valence-electron chi connectivity index (χ4n) is 2.32. The molecule has 0 amide bonds. The SMILES string of the molecule is OCC1CCCC1CNc1nc(Cl)ncc1Cl. The molecule has 2 atom stereocenters. The first-order valence-corrected chi connectivity index (χ1v) is 6.49. The van der Waals surface area contributed by atoms with Crippen molar-refractivity contribution in [1.29, 1.82) is 0 Å². The van der Waals surface area contributed by atoms with Crippen LogP contribution in [-0.4, -0.2) is 28.2 Å². The number of nitrogens with one attached hydrogen (secondary N) is 1. The first-order chi connectivity index (χ1) is 8.20. The molecule has 0 spiro atoms. The van der Waals surface area contributed by atoms with Gasteiger partial charge in [0, 0.05) is 13.2 Å². The van der Waals surface area contributed by atoms with Gasteiger partial charge in [-0.2, -0.15) is 4.98 Å². The Bertz CT molecular complexity index is 389. The van der Waals surface area contributed by atoms with E-state index in [0.717, 1.165) is 19.4 Å². The van der Waals surface area contributed by atoms with Crippen LogP contribution in [0.1, 0.15) is 19.3 Å². The highest BCUT2D eigenvalue weighted by Gasteiger charge is 2.26. The standard InChI is InChI=1S/C11H15Cl2N3O/c12-9-5-15-11(13)16-10(9)14-4-7-2-1-3-8(7)6-17/h5,7-8,17H,1-4,6H2,(H,14,15,16). The molecule has 2 N–H and O–H groups in total. The van der Waals surface area contributed by atoms with Crippen molar-refractivity contribution >= 4 is 29.0 Å². The molecule has 0 bridgehead atoms. The summed E-state index contributed by atoms with van der Waals surface area (Å²) in [5.74, 6) is 1.43. The minimum absolute atomic E-state index is 0.182. The third-order valence-electron chi connectivity index (χ3n) is 3.30. The van der Waals surface area contributed by atoms with E-state index < -0.39 is 0 Å². The van der Waals surface area contributed by atoms with Gasteiger partial charge in [-0.05, 0) is 36.3 Å². The van der Waals surface area contributed by atoms with Crippen molar-refractivity contribution in [1.82, 2.24) is 9.97 Å². The maximum absolute atomic E-state index is 9.23. The second-order valence-electron chi connectivity index (χ2n) is 4.35. The minimum atomic E-state index is 0.182. The fraction of sp³-hybridized carbons (Fsp3) is 0.636. The molecule has 1 aliphatic carbocycles. The molecular weight excluding hydrogens is 261 g/mol. The lowest BCUT2D eigenvalue weighted by Gasteiger charge is -2.18. The molecule has 1 heterocycles. The van der Waals surface area contributed by atoms with Crippen molar-refractivity contribution < 1.29 is 5.11 Å². The van der Waals surface area contributed by atoms with Gasteiger partial charge in [0.15, 0.2) is 0 Å². The number of rotatable bonds is 4. The molecule has 1 aromatic rings. The van der Waals surface area contributed by atoms with Gasteiger partial charge in [0.05, 0.1) is 6.20 Å². The van der Waals surface area contributed by atoms with Crippen LogP contribution in [0.15, 0.2) is 6.20 Å². The normalized spacial score (nSPS) is 23.9. The lowest BCUT2D eigenvalue weighted by molar-refractivity contribution is 0.199. The summed E-state index contributed by atoms with van der Waals surface area (Å²) >= 11 is 11.7. The number of aliphatic hydroxyl groups is 1. The number of aliphatic hydroxyl groups excluding tert-OH is 1. The van der Waals surface area contributed by atoms with Crippen LogP contribution in [0.3, 0.4) is 0 Å². The van der Waals surface area contributed by atoms with E-state index in [0.29, 0.717) is 22.7 Å². The molecule has 94 valence electrons. The van der Waals surface area contributed by atoms with E-state index in [2.05, 4.69) is 15.3 Å². The van der Waals surface area contributed by atoms with Crippen LogP contribution in [0, 0.1) is 11.8 Å². The number of nitrogens with zero attached hydrogens (tertiary/aromatic N) is 2. The molecule has 1 fully saturated rings. The number of halogens is 2. The molecule has 2 rings (SSSR count). The van der Waals surface area contributed by atoms with E-state index in [9.17, 15) is 5.11 Å². The van der Waals surface area contributed by atoms with Crippen molar-refractivity contribution in [2.45, 2.75) is 19.3 Å². The topological polar surface area (TPSA) is 58.0 Å². The Morgan fingerprint density at radius 3 is 2.88 bits per heavy atom. The number of hydrogen-bond acceptors (Lipinski definition) is 4. The van der Waals surface area contributed by atoms with Gasteiger partial charge in [-0.25, -0.2) is 4.98 Å². The zero-order chi connectivity index (χ0) is 12.3. The monoisotopic (exact) mass is 275 g/mol. The van der Waals surface area contributed by atoms with Crippen molar-refractivity contribution in [3.05, 3.63) is 16.5 Å². The molecule has 1 aromatic heterocycles. The summed E-state index contributed by atoms with van der Waals surface area (Å²) in [5, 5.41) is 13.1. The number of anilines is 1. The summed E-state index contributed by atoms with van der Waals surface area (Å²) < 4.78 is 0. The van der Waals surface area contributed by atoms with Crippen molar-refractivity contribution in [2.75, 3.05) is 18.5 Å². The zero-order valence-corrected chi connectivity index (χ0v) is 10.9. The molecule has 6 heteroatoms. The van der Waals surface area contributed by atoms with E-state index in [4.69, 9.17) is 23.2 Å². The first-order valence-electron chi connectivity index (χ1n) is 5.73. The molecule has 0 saturated heterocycles. The van der Waals surface area contributed by atoms with Crippen LogP contribution in [0.25, 0.3) is 0 Å². The summed E-state index contributed by atoms with van der Waals surface area (Å²) in [5.41, 5.74) is 0. The van der Waals surface area contributed by atoms with Gasteiger partial charge >= 0.3 is 0 Å². The molecular formula is C11H15Cl2N3O. The fourth-order valence-corrected chi connectivity index (χ4v) is 2.61. The molecule has 2 unspecified atom stereocenters. The Labute approximate surface area is 110 Å². The Morgan fingerprint density at radius 2 is 2.12 bits per heavy atom. The van der Waals surface area contributed by atoms with Crippen LogP contribution < -0.4 is 5.32 Å². The second kappa shape index (κ2) is 5.85. The molecule has 0 radical (unpaired) electrons. The second-order valence-corrected chi connectivity index (χ2v) is 5.10. The summed E-state index contributed by atoms with van der Waals surface area (Å²) in [6, 6.07) is 0. The molecule has 17 heavy (non-hydrogen) atoms. The van der Waals surface area contributed by atoms with Gasteiger partial charge in [-0.3, -0.25) is 0 Å². The first kappa shape index (κ1) is 12.9. The maximum atomic E-state index is 9.23. The van der Waals surface area contributed by atoms with Crippen LogP contribution in [0.4, 0.5) is 5.82 Å². The quantitative estimate of drug-likeness (QED) is 0.830. The Hall–Kier alpha value is -0.580. The molecule has 1 aliphatic rings. The molecule has 1 saturated carbocycles. The van der Waals surface area contributed by atoms with Crippen molar-refractivity contribution in [3.8, 4) is 0 Å². The molecule has 4 nitrogen and oxygen atoms in total. The van der Waals surface area contributed by atoms with E-state index in [1.165, 1.54) is 12.6 Å². The van der Waals surface area contributed by atoms with Gasteiger partial charge in [0.25, 0.3) is 0 Å². The summed E-state index contributed by atoms with van der Waals surface area (Å²) in [6.07, 6.45) is 4.89. The molecule has 0 aliphatic heterocycles. The Morgan fingerprint density at radius 1 is 1.35 bits per heavy atom. The van der Waals surface area contributed by atoms with Gasteiger partial charge < -0.3 is 10.4 Å². The third kappa shape index (κ3) is 3.21. The van der Waals surface area contributed by atoms with Crippen LogP contribution in [-0.2, 0) is 0 Å². The highest BCUT2D eigenvalue weighted by molar-refractivity contribution is 6.33. The van der Waals surface area contributed by atoms with Gasteiger partial charge in [0.2, 0.25) is 5.28 Å². The summed E-state index contributed by atoms with van der Waals surface area (Å²) in [7, 11) is 0. The predicted molar refractivity (Wildman–Crippen MR) is 68.5 cm³/mol. The van der Waals surface area contributed by atoms with Gasteiger partial charge in [-0.1, -0.05) is 18.0 Å². The third-order valence-corrected chi connectivity index (χ3v) is 3.76. The average molecular weight is 276 g/mol. The number of hydrogen-bond donors (Lipinski definition) is 2. The zero-order valence-electron chi connectivity index (χ0n) is 9.37. The Kier molecular flexibility index (Phi) is 4.42. The van der Waals surface area contributed by atoms with Crippen LogP contribution in [0.2, 0.25) is 10.3 Å².